The molecule has 0 saturated carbocycles. The van der Waals surface area contributed by atoms with Gasteiger partial charge in [0, 0.05) is 6.42 Å². The van der Waals surface area contributed by atoms with Gasteiger partial charge in [0.2, 0.25) is 0 Å². The van der Waals surface area contributed by atoms with Crippen molar-refractivity contribution in [3.63, 3.8) is 0 Å². The van der Waals surface area contributed by atoms with Gasteiger partial charge in [-0.05, 0) is 24.6 Å². The van der Waals surface area contributed by atoms with E-state index in [0.717, 1.165) is 41.2 Å². The summed E-state index contributed by atoms with van der Waals surface area (Å²) >= 11 is 4.85. The van der Waals surface area contributed by atoms with E-state index in [1.165, 1.54) is 0 Å². The highest BCUT2D eigenvalue weighted by molar-refractivity contribution is 7.78. The third kappa shape index (κ3) is 14.2. The van der Waals surface area contributed by atoms with E-state index in [1.54, 1.807) is 5.37 Å². The minimum atomic E-state index is -0.348. The van der Waals surface area contributed by atoms with Crippen molar-refractivity contribution in [2.75, 3.05) is 62.0 Å². The summed E-state index contributed by atoms with van der Waals surface area (Å²) in [5.41, 5.74) is 0. The smallest absolute Gasteiger partial charge is 0.306 e. The van der Waals surface area contributed by atoms with Gasteiger partial charge in [-0.2, -0.15) is 0 Å². The highest BCUT2D eigenvalue weighted by Gasteiger charge is 2.25. The fourth-order valence-corrected chi connectivity index (χ4v) is 2.44. The van der Waals surface area contributed by atoms with Crippen molar-refractivity contribution in [2.45, 2.75) is 44.6 Å². The molecule has 0 saturated heterocycles. The molecule has 26 heavy (non-hydrogen) atoms. The van der Waals surface area contributed by atoms with E-state index in [1.807, 2.05) is 21.1 Å². The highest BCUT2D eigenvalue weighted by atomic mass is 32.1. The molecule has 0 heterocycles. The number of thiocarbonyl (C=S) groups is 1. The first-order chi connectivity index (χ1) is 12.0. The maximum atomic E-state index is 11.9. The molecule has 0 aliphatic heterocycles. The summed E-state index contributed by atoms with van der Waals surface area (Å²) in [6, 6.07) is 0.237. The SMILES string of the molecule is C[N+](C)(C)CCOC(=O)CCC(=O)OCC(CCCCC=S)[N+](C)(C)C. The van der Waals surface area contributed by atoms with Crippen LogP contribution in [-0.4, -0.2) is 94.4 Å². The Morgan fingerprint density at radius 1 is 0.962 bits per heavy atom. The Hall–Kier alpha value is -1.05. The van der Waals surface area contributed by atoms with Crippen molar-refractivity contribution in [3.8, 4) is 0 Å². The van der Waals surface area contributed by atoms with Crippen LogP contribution in [0.25, 0.3) is 0 Å². The zero-order valence-corrected chi connectivity index (χ0v) is 18.3. The first-order valence-corrected chi connectivity index (χ1v) is 9.79. The molecule has 152 valence electrons. The predicted molar refractivity (Wildman–Crippen MR) is 108 cm³/mol. The molecule has 0 aliphatic rings. The van der Waals surface area contributed by atoms with E-state index in [2.05, 4.69) is 21.1 Å². The van der Waals surface area contributed by atoms with Gasteiger partial charge in [-0.1, -0.05) is 12.2 Å². The summed E-state index contributed by atoms with van der Waals surface area (Å²) in [7, 11) is 12.4. The number of quaternary nitrogens is 2. The lowest BCUT2D eigenvalue weighted by molar-refractivity contribution is -0.896. The van der Waals surface area contributed by atoms with Crippen LogP contribution in [0.5, 0.6) is 0 Å². The first kappa shape index (κ1) is 24.9. The molecule has 6 nitrogen and oxygen atoms in total. The van der Waals surface area contributed by atoms with Gasteiger partial charge in [-0.25, -0.2) is 0 Å². The third-order valence-corrected chi connectivity index (χ3v) is 4.44. The second kappa shape index (κ2) is 12.4. The van der Waals surface area contributed by atoms with E-state index in [0.29, 0.717) is 13.2 Å². The Balaban J connectivity index is 4.11. The predicted octanol–water partition coefficient (Wildman–Crippen LogP) is 2.19. The summed E-state index contributed by atoms with van der Waals surface area (Å²) in [6.07, 6.45) is 4.18. The van der Waals surface area contributed by atoms with Crippen molar-refractivity contribution >= 4 is 29.5 Å². The lowest BCUT2D eigenvalue weighted by Crippen LogP contribution is -2.48. The number of likely N-dealkylation sites (N-methyl/N-ethyl adjacent to an activating group) is 2. The molecule has 1 atom stereocenters. The molecule has 1 unspecified atom stereocenters. The van der Waals surface area contributed by atoms with Gasteiger partial charge in [0.15, 0.2) is 0 Å². The zero-order valence-electron chi connectivity index (χ0n) is 17.5. The van der Waals surface area contributed by atoms with Crippen LogP contribution in [-0.2, 0) is 19.1 Å². The number of unbranched alkanes of at least 4 members (excludes halogenated alkanes) is 2. The summed E-state index contributed by atoms with van der Waals surface area (Å²) in [6.45, 7) is 1.48. The Morgan fingerprint density at radius 2 is 1.54 bits per heavy atom. The van der Waals surface area contributed by atoms with Crippen LogP contribution in [0.1, 0.15) is 38.5 Å². The molecule has 0 amide bonds. The van der Waals surface area contributed by atoms with Crippen molar-refractivity contribution in [2.24, 2.45) is 0 Å². The lowest BCUT2D eigenvalue weighted by atomic mass is 10.1. The van der Waals surface area contributed by atoms with Crippen molar-refractivity contribution in [3.05, 3.63) is 0 Å². The van der Waals surface area contributed by atoms with Crippen LogP contribution in [0.4, 0.5) is 0 Å². The lowest BCUT2D eigenvalue weighted by Gasteiger charge is -2.33. The quantitative estimate of drug-likeness (QED) is 0.197. The van der Waals surface area contributed by atoms with Gasteiger partial charge < -0.3 is 18.4 Å². The average Bonchev–Trinajstić information content (AvgIpc) is 2.49. The summed E-state index contributed by atoms with van der Waals surface area (Å²) in [4.78, 5) is 23.6. The average molecular weight is 391 g/mol. The Bertz CT molecular complexity index is 442. The van der Waals surface area contributed by atoms with Gasteiger partial charge in [0.05, 0.1) is 55.1 Å². The fourth-order valence-electron chi connectivity index (χ4n) is 2.27. The number of ether oxygens (including phenoxy) is 2. The molecule has 0 rings (SSSR count). The highest BCUT2D eigenvalue weighted by Crippen LogP contribution is 2.13. The second-order valence-corrected chi connectivity index (χ2v) is 8.97. The normalized spacial score (nSPS) is 13.2. The van der Waals surface area contributed by atoms with E-state index < -0.39 is 0 Å². The van der Waals surface area contributed by atoms with Crippen molar-refractivity contribution < 1.29 is 28.0 Å². The van der Waals surface area contributed by atoms with Gasteiger partial charge in [0.1, 0.15) is 25.8 Å². The maximum Gasteiger partial charge on any atom is 0.306 e. The van der Waals surface area contributed by atoms with Gasteiger partial charge >= 0.3 is 11.9 Å². The molecule has 0 N–H and O–H groups in total. The molecule has 0 radical (unpaired) electrons. The minimum absolute atomic E-state index is 0.0674. The summed E-state index contributed by atoms with van der Waals surface area (Å²) in [5.74, 6) is -0.690. The number of esters is 2. The Labute approximate surface area is 164 Å². The molecule has 7 heteroatoms. The van der Waals surface area contributed by atoms with E-state index in [-0.39, 0.29) is 30.8 Å². The molecule has 0 bridgehead atoms. The number of carbonyl (C=O) groups excluding carboxylic acids is 2. The second-order valence-electron chi connectivity index (χ2n) is 8.64. The molecular weight excluding hydrogens is 352 g/mol. The van der Waals surface area contributed by atoms with E-state index >= 15 is 0 Å². The molecule has 0 fully saturated rings. The fraction of sp³-hybridized carbons (Fsp3) is 0.842. The number of hydrogen-bond acceptors (Lipinski definition) is 5. The molecular formula is C19H38N2O4S+2. The van der Waals surface area contributed by atoms with Crippen molar-refractivity contribution in [1.29, 1.82) is 0 Å². The van der Waals surface area contributed by atoms with Gasteiger partial charge in [0.25, 0.3) is 0 Å². The maximum absolute atomic E-state index is 11.9. The monoisotopic (exact) mass is 390 g/mol. The van der Waals surface area contributed by atoms with E-state index in [4.69, 9.17) is 21.7 Å². The van der Waals surface area contributed by atoms with Crippen LogP contribution in [0.3, 0.4) is 0 Å². The number of rotatable bonds is 14. The topological polar surface area (TPSA) is 52.6 Å². The van der Waals surface area contributed by atoms with E-state index in [9.17, 15) is 9.59 Å². The minimum Gasteiger partial charge on any atom is -0.460 e. The Kier molecular flexibility index (Phi) is 11.9. The van der Waals surface area contributed by atoms with Gasteiger partial charge in [-0.3, -0.25) is 9.59 Å². The zero-order chi connectivity index (χ0) is 20.2. The molecule has 0 aromatic rings. The molecule has 0 aliphatic carbocycles. The largest absolute Gasteiger partial charge is 0.460 e. The van der Waals surface area contributed by atoms with Crippen LogP contribution in [0.2, 0.25) is 0 Å². The van der Waals surface area contributed by atoms with Crippen LogP contribution >= 0.6 is 12.2 Å². The number of nitrogens with zero attached hydrogens (tertiary/aromatic N) is 2. The summed E-state index contributed by atoms with van der Waals surface area (Å²) < 4.78 is 12.0. The van der Waals surface area contributed by atoms with Crippen LogP contribution in [0.15, 0.2) is 0 Å². The third-order valence-electron chi connectivity index (χ3n) is 4.20. The molecule has 0 aromatic heterocycles. The van der Waals surface area contributed by atoms with Crippen LogP contribution < -0.4 is 0 Å². The Morgan fingerprint density at radius 3 is 2.04 bits per heavy atom. The molecule has 0 aromatic carbocycles. The molecule has 0 spiro atoms. The standard InChI is InChI=1S/C19H38N2O4S/c1-20(2,3)13-14-24-18(22)11-12-19(23)25-16-17(21(4,5)6)10-8-7-9-15-26/h15,17H,7-14,16H2,1-6H3/q+2. The summed E-state index contributed by atoms with van der Waals surface area (Å²) in [5, 5.41) is 1.76. The van der Waals surface area contributed by atoms with Crippen molar-refractivity contribution in [1.82, 2.24) is 0 Å². The number of carbonyl (C=O) groups is 2. The van der Waals surface area contributed by atoms with Crippen LogP contribution in [0, 0.1) is 0 Å². The van der Waals surface area contributed by atoms with Gasteiger partial charge in [-0.15, -0.1) is 0 Å². The number of hydrogen-bond donors (Lipinski definition) is 0. The first-order valence-electron chi connectivity index (χ1n) is 9.32.